The summed E-state index contributed by atoms with van der Waals surface area (Å²) < 4.78 is 5.14. The highest BCUT2D eigenvalue weighted by atomic mass is 32.1. The van der Waals surface area contributed by atoms with E-state index in [0.29, 0.717) is 11.8 Å². The van der Waals surface area contributed by atoms with Crippen molar-refractivity contribution in [1.82, 2.24) is 0 Å². The molecule has 1 N–H and O–H groups in total. The Morgan fingerprint density at radius 1 is 1.30 bits per heavy atom. The Morgan fingerprint density at radius 2 is 2.10 bits per heavy atom. The molecule has 4 heteroatoms. The zero-order valence-electron chi connectivity index (χ0n) is 11.6. The molecule has 0 amide bonds. The molecule has 0 saturated carbocycles. The normalized spacial score (nSPS) is 16.8. The summed E-state index contributed by atoms with van der Waals surface area (Å²) >= 11 is 1.76. The molecule has 104 valence electrons. The zero-order chi connectivity index (χ0) is 14.1. The van der Waals surface area contributed by atoms with E-state index in [4.69, 9.17) is 4.74 Å². The van der Waals surface area contributed by atoms with Gasteiger partial charge in [-0.25, -0.2) is 0 Å². The number of hydrogen-bond acceptors (Lipinski definition) is 4. The average molecular weight is 287 g/mol. The molecule has 1 unspecified atom stereocenters. The maximum absolute atomic E-state index is 11.0. The molecule has 20 heavy (non-hydrogen) atoms. The number of rotatable bonds is 3. The van der Waals surface area contributed by atoms with E-state index >= 15 is 0 Å². The molecule has 0 spiro atoms. The zero-order valence-corrected chi connectivity index (χ0v) is 12.4. The van der Waals surface area contributed by atoms with Crippen LogP contribution in [-0.4, -0.2) is 12.0 Å². The van der Waals surface area contributed by atoms with E-state index in [9.17, 15) is 4.79 Å². The van der Waals surface area contributed by atoms with Crippen molar-refractivity contribution < 1.29 is 9.53 Å². The second kappa shape index (κ2) is 5.29. The summed E-state index contributed by atoms with van der Waals surface area (Å²) in [6.07, 6.45) is 1.99. The van der Waals surface area contributed by atoms with Crippen molar-refractivity contribution >= 4 is 23.0 Å². The maximum atomic E-state index is 11.0. The third-order valence-electron chi connectivity index (χ3n) is 3.59. The fourth-order valence-corrected chi connectivity index (χ4v) is 3.34. The third kappa shape index (κ3) is 2.70. The van der Waals surface area contributed by atoms with E-state index in [2.05, 4.69) is 29.8 Å². The number of carbonyl (C=O) groups excluding carboxylic acids is 1. The van der Waals surface area contributed by atoms with Crippen LogP contribution in [0.5, 0.6) is 5.75 Å². The first-order valence-electron chi connectivity index (χ1n) is 6.72. The number of nitrogens with one attached hydrogen (secondary N) is 1. The molecule has 0 aliphatic heterocycles. The third-order valence-corrected chi connectivity index (χ3v) is 4.44. The van der Waals surface area contributed by atoms with Crippen molar-refractivity contribution in [3.8, 4) is 5.75 Å². The lowest BCUT2D eigenvalue weighted by Crippen LogP contribution is -2.19. The lowest BCUT2D eigenvalue weighted by molar-refractivity contribution is -0.131. The topological polar surface area (TPSA) is 38.3 Å². The van der Waals surface area contributed by atoms with Crippen LogP contribution in [0.15, 0.2) is 29.6 Å². The van der Waals surface area contributed by atoms with Crippen LogP contribution in [0.1, 0.15) is 22.9 Å². The van der Waals surface area contributed by atoms with Gasteiger partial charge in [0, 0.05) is 23.5 Å². The van der Waals surface area contributed by atoms with Gasteiger partial charge in [0.2, 0.25) is 0 Å². The van der Waals surface area contributed by atoms with Gasteiger partial charge in [0.05, 0.1) is 0 Å². The number of fused-ring (bicyclic) bond motifs is 1. The Morgan fingerprint density at radius 3 is 2.80 bits per heavy atom. The van der Waals surface area contributed by atoms with Crippen LogP contribution in [0.4, 0.5) is 5.69 Å². The van der Waals surface area contributed by atoms with Crippen LogP contribution in [0, 0.1) is 6.92 Å². The molecule has 1 aliphatic rings. The number of carbonyl (C=O) groups is 1. The highest BCUT2D eigenvalue weighted by molar-refractivity contribution is 7.10. The quantitative estimate of drug-likeness (QED) is 0.693. The fourth-order valence-electron chi connectivity index (χ4n) is 2.68. The predicted molar refractivity (Wildman–Crippen MR) is 81.6 cm³/mol. The summed E-state index contributed by atoms with van der Waals surface area (Å²) in [5, 5.41) is 5.71. The molecule has 1 aliphatic carbocycles. The molecule has 1 atom stereocenters. The van der Waals surface area contributed by atoms with Gasteiger partial charge in [0.25, 0.3) is 0 Å². The van der Waals surface area contributed by atoms with Crippen molar-refractivity contribution in [3.05, 3.63) is 45.6 Å². The van der Waals surface area contributed by atoms with E-state index in [0.717, 1.165) is 12.8 Å². The SMILES string of the molecule is CC(=O)Oc1ccc2c(c1)CC(Nc1ccsc1C)C2. The summed E-state index contributed by atoms with van der Waals surface area (Å²) in [6, 6.07) is 8.48. The summed E-state index contributed by atoms with van der Waals surface area (Å²) in [6.45, 7) is 3.56. The van der Waals surface area contributed by atoms with Gasteiger partial charge in [0.15, 0.2) is 0 Å². The molecular formula is C16H17NO2S. The van der Waals surface area contributed by atoms with Gasteiger partial charge < -0.3 is 10.1 Å². The maximum Gasteiger partial charge on any atom is 0.308 e. The summed E-state index contributed by atoms with van der Waals surface area (Å²) in [7, 11) is 0. The number of esters is 1. The molecule has 3 nitrogen and oxygen atoms in total. The van der Waals surface area contributed by atoms with Crippen LogP contribution in [0.3, 0.4) is 0 Å². The first-order chi connectivity index (χ1) is 9.61. The first kappa shape index (κ1) is 13.2. The molecule has 2 aromatic rings. The Labute approximate surface area is 122 Å². The monoisotopic (exact) mass is 287 g/mol. The lowest BCUT2D eigenvalue weighted by atomic mass is 10.1. The summed E-state index contributed by atoms with van der Waals surface area (Å²) in [5.41, 5.74) is 3.84. The molecule has 1 aromatic heterocycles. The molecule has 0 radical (unpaired) electrons. The van der Waals surface area contributed by atoms with Crippen molar-refractivity contribution in [2.45, 2.75) is 32.7 Å². The Hall–Kier alpha value is -1.81. The lowest BCUT2D eigenvalue weighted by Gasteiger charge is -2.12. The van der Waals surface area contributed by atoms with Crippen LogP contribution in [0.25, 0.3) is 0 Å². The van der Waals surface area contributed by atoms with Crippen LogP contribution in [0.2, 0.25) is 0 Å². The number of hydrogen-bond donors (Lipinski definition) is 1. The Balaban J connectivity index is 1.72. The molecule has 0 bridgehead atoms. The van der Waals surface area contributed by atoms with Crippen LogP contribution < -0.4 is 10.1 Å². The summed E-state index contributed by atoms with van der Waals surface area (Å²) in [4.78, 5) is 12.3. The van der Waals surface area contributed by atoms with E-state index in [1.807, 2.05) is 12.1 Å². The van der Waals surface area contributed by atoms with Gasteiger partial charge in [-0.1, -0.05) is 6.07 Å². The smallest absolute Gasteiger partial charge is 0.308 e. The molecule has 0 saturated heterocycles. The molecule has 1 heterocycles. The molecule has 1 aromatic carbocycles. The summed E-state index contributed by atoms with van der Waals surface area (Å²) in [5.74, 6) is 0.370. The van der Waals surface area contributed by atoms with Gasteiger partial charge >= 0.3 is 5.97 Å². The van der Waals surface area contributed by atoms with Crippen LogP contribution in [-0.2, 0) is 17.6 Å². The number of thiophene rings is 1. The predicted octanol–water partition coefficient (Wildman–Crippen LogP) is 3.56. The van der Waals surface area contributed by atoms with Gasteiger partial charge in [-0.15, -0.1) is 11.3 Å². The number of anilines is 1. The fraction of sp³-hybridized carbons (Fsp3) is 0.312. The minimum absolute atomic E-state index is 0.272. The van der Waals surface area contributed by atoms with Gasteiger partial charge in [-0.05, 0) is 54.5 Å². The first-order valence-corrected chi connectivity index (χ1v) is 7.60. The highest BCUT2D eigenvalue weighted by Gasteiger charge is 2.22. The molecule has 0 fully saturated rings. The Bertz CT molecular complexity index is 648. The van der Waals surface area contributed by atoms with E-state index in [-0.39, 0.29) is 5.97 Å². The van der Waals surface area contributed by atoms with E-state index in [1.54, 1.807) is 11.3 Å². The Kier molecular flexibility index (Phi) is 3.49. The van der Waals surface area contributed by atoms with Crippen LogP contribution >= 0.6 is 11.3 Å². The molecule has 3 rings (SSSR count). The number of benzene rings is 1. The standard InChI is InChI=1S/C16H17NO2S/c1-10-16(5-6-20-10)17-14-7-12-3-4-15(19-11(2)18)9-13(12)8-14/h3-6,9,14,17H,7-8H2,1-2H3. The second-order valence-electron chi connectivity index (χ2n) is 5.16. The van der Waals surface area contributed by atoms with Crippen molar-refractivity contribution in [2.24, 2.45) is 0 Å². The van der Waals surface area contributed by atoms with Crippen molar-refractivity contribution in [1.29, 1.82) is 0 Å². The second-order valence-corrected chi connectivity index (χ2v) is 6.28. The minimum atomic E-state index is -0.272. The van der Waals surface area contributed by atoms with Gasteiger partial charge in [0.1, 0.15) is 5.75 Å². The highest BCUT2D eigenvalue weighted by Crippen LogP contribution is 2.30. The van der Waals surface area contributed by atoms with Gasteiger partial charge in [-0.3, -0.25) is 4.79 Å². The average Bonchev–Trinajstić information content (AvgIpc) is 2.95. The van der Waals surface area contributed by atoms with E-state index < -0.39 is 0 Å². The largest absolute Gasteiger partial charge is 0.427 e. The molecular weight excluding hydrogens is 270 g/mol. The number of ether oxygens (including phenoxy) is 1. The van der Waals surface area contributed by atoms with Gasteiger partial charge in [-0.2, -0.15) is 0 Å². The van der Waals surface area contributed by atoms with Crippen molar-refractivity contribution in [2.75, 3.05) is 5.32 Å². The van der Waals surface area contributed by atoms with E-state index in [1.165, 1.54) is 28.6 Å². The minimum Gasteiger partial charge on any atom is -0.427 e. The number of aryl methyl sites for hydroxylation is 1. The van der Waals surface area contributed by atoms with Crippen molar-refractivity contribution in [3.63, 3.8) is 0 Å².